The summed E-state index contributed by atoms with van der Waals surface area (Å²) in [6.07, 6.45) is 3.58. The van der Waals surface area contributed by atoms with Crippen LogP contribution in [0.4, 0.5) is 0 Å². The number of hydrogen-bond donors (Lipinski definition) is 1. The van der Waals surface area contributed by atoms with Gasteiger partial charge in [-0.1, -0.05) is 13.8 Å². The van der Waals surface area contributed by atoms with Crippen molar-refractivity contribution >= 4 is 22.7 Å². The highest BCUT2D eigenvalue weighted by molar-refractivity contribution is 8.00. The zero-order chi connectivity index (χ0) is 13.4. The first kappa shape index (κ1) is 12.9. The van der Waals surface area contributed by atoms with E-state index in [9.17, 15) is 0 Å². The fraction of sp³-hybridized carbons (Fsp3) is 0.467. The monoisotopic (exact) mass is 277 g/mol. The van der Waals surface area contributed by atoms with Gasteiger partial charge >= 0.3 is 0 Å². The average molecular weight is 277 g/mol. The summed E-state index contributed by atoms with van der Waals surface area (Å²) in [5.74, 6) is 1.06. The number of fused-ring (bicyclic) bond motifs is 2. The number of benzene rings is 1. The maximum Gasteiger partial charge on any atom is 0.148 e. The van der Waals surface area contributed by atoms with Crippen LogP contribution in [0.25, 0.3) is 11.0 Å². The molecular weight excluding hydrogens is 258 g/mol. The molecule has 0 unspecified atom stereocenters. The van der Waals surface area contributed by atoms with Crippen molar-refractivity contribution in [1.29, 1.82) is 0 Å². The molecule has 0 spiro atoms. The molecule has 3 nitrogen and oxygen atoms in total. The summed E-state index contributed by atoms with van der Waals surface area (Å²) in [6.45, 7) is 5.81. The summed E-state index contributed by atoms with van der Waals surface area (Å²) >= 11 is 1.86. The van der Waals surface area contributed by atoms with Crippen molar-refractivity contribution in [3.8, 4) is 5.75 Å². The van der Waals surface area contributed by atoms with Crippen LogP contribution in [0.5, 0.6) is 5.75 Å². The number of thioether (sulfide) groups is 1. The lowest BCUT2D eigenvalue weighted by Crippen LogP contribution is -2.05. The Morgan fingerprint density at radius 3 is 3.00 bits per heavy atom. The van der Waals surface area contributed by atoms with Gasteiger partial charge in [0, 0.05) is 28.2 Å². The van der Waals surface area contributed by atoms with Gasteiger partial charge in [-0.15, -0.1) is 11.8 Å². The Bertz CT molecular complexity index is 604. The van der Waals surface area contributed by atoms with Crippen molar-refractivity contribution in [1.82, 2.24) is 0 Å². The van der Waals surface area contributed by atoms with Gasteiger partial charge in [-0.25, -0.2) is 0 Å². The van der Waals surface area contributed by atoms with E-state index in [0.29, 0.717) is 11.8 Å². The maximum absolute atomic E-state index is 5.87. The van der Waals surface area contributed by atoms with Crippen LogP contribution in [-0.4, -0.2) is 18.4 Å². The highest BCUT2D eigenvalue weighted by Crippen LogP contribution is 2.45. The van der Waals surface area contributed by atoms with Crippen molar-refractivity contribution in [3.05, 3.63) is 23.5 Å². The molecule has 3 rings (SSSR count). The minimum absolute atomic E-state index is 0.526. The highest BCUT2D eigenvalue weighted by Gasteiger charge is 2.26. The largest absolute Gasteiger partial charge is 0.493 e. The van der Waals surface area contributed by atoms with Crippen LogP contribution in [0.2, 0.25) is 0 Å². The van der Waals surface area contributed by atoms with Crippen molar-refractivity contribution in [2.45, 2.75) is 36.8 Å². The second-order valence-electron chi connectivity index (χ2n) is 5.08. The summed E-state index contributed by atoms with van der Waals surface area (Å²) in [6, 6.07) is 2.03. The van der Waals surface area contributed by atoms with E-state index in [1.54, 1.807) is 6.26 Å². The van der Waals surface area contributed by atoms with Crippen molar-refractivity contribution < 1.29 is 9.15 Å². The lowest BCUT2D eigenvalue weighted by molar-refractivity contribution is 0.354. The van der Waals surface area contributed by atoms with Crippen LogP contribution in [0.1, 0.15) is 25.0 Å². The molecule has 0 fully saturated rings. The Kier molecular flexibility index (Phi) is 3.46. The van der Waals surface area contributed by atoms with E-state index in [1.807, 2.05) is 17.8 Å². The fourth-order valence-corrected chi connectivity index (χ4v) is 3.75. The number of rotatable bonds is 4. The maximum atomic E-state index is 5.87. The third-order valence-electron chi connectivity index (χ3n) is 3.37. The lowest BCUT2D eigenvalue weighted by Gasteiger charge is -2.14. The van der Waals surface area contributed by atoms with Crippen molar-refractivity contribution in [3.63, 3.8) is 0 Å². The summed E-state index contributed by atoms with van der Waals surface area (Å²) in [5.41, 5.74) is 9.27. The molecule has 0 saturated heterocycles. The van der Waals surface area contributed by atoms with Gasteiger partial charge in [0.1, 0.15) is 11.3 Å². The molecule has 0 bridgehead atoms. The predicted octanol–water partition coefficient (Wildman–Crippen LogP) is 3.37. The lowest BCUT2D eigenvalue weighted by atomic mass is 10.0. The fourth-order valence-electron chi connectivity index (χ4n) is 2.68. The average Bonchev–Trinajstić information content (AvgIpc) is 3.01. The molecule has 2 heterocycles. The molecule has 4 heteroatoms. The standard InChI is InChI=1S/C15H19NO2S/c1-9(2)19-15-12-5-8-17-13(12)10(3-6-16)11-4-7-18-14(11)15/h4,7,9H,3,5-6,8,16H2,1-2H3. The number of nitrogens with two attached hydrogens (primary N) is 1. The topological polar surface area (TPSA) is 48.4 Å². The van der Waals surface area contributed by atoms with Crippen LogP contribution in [0, 0.1) is 0 Å². The second-order valence-corrected chi connectivity index (χ2v) is 6.67. The minimum atomic E-state index is 0.526. The van der Waals surface area contributed by atoms with Gasteiger partial charge < -0.3 is 14.9 Å². The van der Waals surface area contributed by atoms with Crippen LogP contribution in [0.15, 0.2) is 21.6 Å². The molecule has 19 heavy (non-hydrogen) atoms. The first-order valence-corrected chi connectivity index (χ1v) is 7.64. The van der Waals surface area contributed by atoms with Gasteiger partial charge in [0.05, 0.1) is 17.8 Å². The van der Waals surface area contributed by atoms with Gasteiger partial charge in [-0.3, -0.25) is 0 Å². The number of furan rings is 1. The van der Waals surface area contributed by atoms with Crippen LogP contribution < -0.4 is 10.5 Å². The molecule has 102 valence electrons. The van der Waals surface area contributed by atoms with Crippen LogP contribution >= 0.6 is 11.8 Å². The third-order valence-corrected chi connectivity index (χ3v) is 4.50. The van der Waals surface area contributed by atoms with Crippen LogP contribution in [-0.2, 0) is 12.8 Å². The highest BCUT2D eigenvalue weighted by atomic mass is 32.2. The molecule has 1 aromatic carbocycles. The quantitative estimate of drug-likeness (QED) is 0.870. The Hall–Kier alpha value is -1.13. The molecule has 1 aliphatic heterocycles. The summed E-state index contributed by atoms with van der Waals surface area (Å²) < 4.78 is 11.6. The molecule has 2 N–H and O–H groups in total. The summed E-state index contributed by atoms with van der Waals surface area (Å²) in [7, 11) is 0. The smallest absolute Gasteiger partial charge is 0.148 e. The Labute approximate surface area is 117 Å². The van der Waals surface area contributed by atoms with Crippen molar-refractivity contribution in [2.75, 3.05) is 13.2 Å². The molecule has 2 aromatic rings. The van der Waals surface area contributed by atoms with Crippen LogP contribution in [0.3, 0.4) is 0 Å². The van der Waals surface area contributed by atoms with E-state index in [0.717, 1.165) is 36.2 Å². The second kappa shape index (κ2) is 5.10. The molecule has 0 atom stereocenters. The molecule has 0 aliphatic carbocycles. The Morgan fingerprint density at radius 1 is 1.42 bits per heavy atom. The van der Waals surface area contributed by atoms with Gasteiger partial charge in [-0.2, -0.15) is 0 Å². The third kappa shape index (κ3) is 2.13. The first-order valence-electron chi connectivity index (χ1n) is 6.76. The van der Waals surface area contributed by atoms with Gasteiger partial charge in [0.2, 0.25) is 0 Å². The molecule has 1 aliphatic rings. The van der Waals surface area contributed by atoms with E-state index in [-0.39, 0.29) is 0 Å². The van der Waals surface area contributed by atoms with E-state index in [4.69, 9.17) is 14.9 Å². The van der Waals surface area contributed by atoms with Gasteiger partial charge in [0.15, 0.2) is 0 Å². The molecule has 0 radical (unpaired) electrons. The Balaban J connectivity index is 2.26. The predicted molar refractivity (Wildman–Crippen MR) is 79.2 cm³/mol. The van der Waals surface area contributed by atoms with E-state index in [1.165, 1.54) is 16.0 Å². The zero-order valence-electron chi connectivity index (χ0n) is 11.4. The zero-order valence-corrected chi connectivity index (χ0v) is 12.2. The summed E-state index contributed by atoms with van der Waals surface area (Å²) in [5, 5.41) is 1.69. The van der Waals surface area contributed by atoms with E-state index in [2.05, 4.69) is 13.8 Å². The molecule has 1 aromatic heterocycles. The first-order chi connectivity index (χ1) is 9.22. The number of hydrogen-bond acceptors (Lipinski definition) is 4. The normalized spacial score (nSPS) is 14.1. The van der Waals surface area contributed by atoms with Crippen molar-refractivity contribution in [2.24, 2.45) is 5.73 Å². The SMILES string of the molecule is CC(C)Sc1c2c(c(CCN)c3ccoc13)OCC2. The van der Waals surface area contributed by atoms with E-state index >= 15 is 0 Å². The van der Waals surface area contributed by atoms with E-state index < -0.39 is 0 Å². The Morgan fingerprint density at radius 2 is 2.26 bits per heavy atom. The molecule has 0 amide bonds. The van der Waals surface area contributed by atoms with Gasteiger partial charge in [0.25, 0.3) is 0 Å². The molecular formula is C15H19NO2S. The minimum Gasteiger partial charge on any atom is -0.493 e. The number of ether oxygens (including phenoxy) is 1. The molecule has 0 saturated carbocycles. The summed E-state index contributed by atoms with van der Waals surface area (Å²) in [4.78, 5) is 1.25. The van der Waals surface area contributed by atoms with Gasteiger partial charge in [-0.05, 0) is 19.0 Å².